The van der Waals surface area contributed by atoms with Crippen LogP contribution in [0.3, 0.4) is 0 Å². The van der Waals surface area contributed by atoms with E-state index in [2.05, 4.69) is 25.8 Å². The van der Waals surface area contributed by atoms with Gasteiger partial charge in [0.25, 0.3) is 0 Å². The van der Waals surface area contributed by atoms with Gasteiger partial charge in [-0.25, -0.2) is 0 Å². The number of rotatable bonds is 8. The van der Waals surface area contributed by atoms with Crippen LogP contribution in [-0.2, 0) is 6.42 Å². The van der Waals surface area contributed by atoms with Crippen LogP contribution >= 0.6 is 0 Å². The molecule has 160 valence electrons. The van der Waals surface area contributed by atoms with Gasteiger partial charge in [-0.15, -0.1) is 0 Å². The summed E-state index contributed by atoms with van der Waals surface area (Å²) in [5.41, 5.74) is 0. The average molecular weight is 404 g/mol. The largest absolute Gasteiger partial charge is 0.401 e. The van der Waals surface area contributed by atoms with E-state index < -0.39 is 12.7 Å². The highest BCUT2D eigenvalue weighted by Gasteiger charge is 2.32. The number of piperidine rings is 1. The second-order valence-corrected chi connectivity index (χ2v) is 7.50. The predicted molar refractivity (Wildman–Crippen MR) is 101 cm³/mol. The molecule has 0 aliphatic carbocycles. The number of guanidine groups is 1. The molecule has 1 aliphatic heterocycles. The Kier molecular flexibility index (Phi) is 8.53. The Hall–Kier alpha value is -1.84. The average Bonchev–Trinajstić information content (AvgIpc) is 3.10. The molecular formula is C18H31F3N6O. The molecular weight excluding hydrogens is 373 g/mol. The molecule has 2 N–H and O–H groups in total. The molecule has 0 spiro atoms. The topological polar surface area (TPSA) is 78.6 Å². The molecule has 0 radical (unpaired) electrons. The summed E-state index contributed by atoms with van der Waals surface area (Å²) in [7, 11) is 1.70. The minimum Gasteiger partial charge on any atom is -0.356 e. The molecule has 10 heteroatoms. The first-order valence-corrected chi connectivity index (χ1v) is 9.83. The Morgan fingerprint density at radius 3 is 2.50 bits per heavy atom. The highest BCUT2D eigenvalue weighted by molar-refractivity contribution is 5.79. The summed E-state index contributed by atoms with van der Waals surface area (Å²) < 4.78 is 42.5. The van der Waals surface area contributed by atoms with Gasteiger partial charge in [-0.3, -0.25) is 9.89 Å². The van der Waals surface area contributed by atoms with Gasteiger partial charge in [-0.1, -0.05) is 19.0 Å². The Balaban J connectivity index is 1.60. The van der Waals surface area contributed by atoms with Crippen molar-refractivity contribution in [2.24, 2.45) is 10.9 Å². The highest BCUT2D eigenvalue weighted by Crippen LogP contribution is 2.23. The number of hydrogen-bond acceptors (Lipinski definition) is 5. The van der Waals surface area contributed by atoms with Crippen molar-refractivity contribution in [3.8, 4) is 0 Å². The predicted octanol–water partition coefficient (Wildman–Crippen LogP) is 2.56. The van der Waals surface area contributed by atoms with Crippen molar-refractivity contribution in [2.75, 3.05) is 39.8 Å². The van der Waals surface area contributed by atoms with Crippen LogP contribution in [0.5, 0.6) is 0 Å². The molecule has 0 amide bonds. The number of halogens is 3. The molecule has 1 aromatic heterocycles. The van der Waals surface area contributed by atoms with Gasteiger partial charge in [0.1, 0.15) is 0 Å². The first kappa shape index (κ1) is 22.4. The van der Waals surface area contributed by atoms with Gasteiger partial charge >= 0.3 is 6.18 Å². The lowest BCUT2D eigenvalue weighted by atomic mass is 9.93. The van der Waals surface area contributed by atoms with E-state index in [4.69, 9.17) is 4.52 Å². The molecule has 0 saturated carbocycles. The molecule has 28 heavy (non-hydrogen) atoms. The van der Waals surface area contributed by atoms with Gasteiger partial charge < -0.3 is 15.2 Å². The molecule has 0 aromatic carbocycles. The van der Waals surface area contributed by atoms with Crippen LogP contribution in [0.15, 0.2) is 9.52 Å². The van der Waals surface area contributed by atoms with Crippen LogP contribution < -0.4 is 10.6 Å². The third kappa shape index (κ3) is 8.04. The number of hydrogen-bond donors (Lipinski definition) is 2. The van der Waals surface area contributed by atoms with Crippen molar-refractivity contribution in [3.63, 3.8) is 0 Å². The lowest BCUT2D eigenvalue weighted by Crippen LogP contribution is -2.42. The zero-order valence-corrected chi connectivity index (χ0v) is 16.8. The summed E-state index contributed by atoms with van der Waals surface area (Å²) in [6.07, 6.45) is -0.970. The fourth-order valence-electron chi connectivity index (χ4n) is 3.19. The van der Waals surface area contributed by atoms with Crippen LogP contribution in [-0.4, -0.2) is 66.9 Å². The van der Waals surface area contributed by atoms with Crippen molar-refractivity contribution >= 4 is 5.96 Å². The monoisotopic (exact) mass is 404 g/mol. The van der Waals surface area contributed by atoms with E-state index in [1.54, 1.807) is 7.05 Å². The lowest BCUT2D eigenvalue weighted by Gasteiger charge is -2.32. The molecule has 1 fully saturated rings. The van der Waals surface area contributed by atoms with Crippen molar-refractivity contribution in [1.82, 2.24) is 25.7 Å². The maximum atomic E-state index is 12.4. The Bertz CT molecular complexity index is 609. The van der Waals surface area contributed by atoms with E-state index in [0.717, 1.165) is 25.8 Å². The van der Waals surface area contributed by atoms with Gasteiger partial charge in [-0.2, -0.15) is 18.2 Å². The molecule has 1 aromatic rings. The maximum absolute atomic E-state index is 12.4. The van der Waals surface area contributed by atoms with Crippen LogP contribution in [0.1, 0.15) is 50.7 Å². The van der Waals surface area contributed by atoms with Crippen LogP contribution in [0.25, 0.3) is 0 Å². The maximum Gasteiger partial charge on any atom is 0.401 e. The van der Waals surface area contributed by atoms with E-state index in [1.807, 2.05) is 13.8 Å². The van der Waals surface area contributed by atoms with Crippen LogP contribution in [0, 0.1) is 5.92 Å². The number of aliphatic imine (C=N–C) groups is 1. The van der Waals surface area contributed by atoms with E-state index in [0.29, 0.717) is 49.6 Å². The third-order valence-electron chi connectivity index (χ3n) is 4.81. The zero-order valence-electron chi connectivity index (χ0n) is 16.8. The Morgan fingerprint density at radius 1 is 1.25 bits per heavy atom. The minimum absolute atomic E-state index is 0.236. The summed E-state index contributed by atoms with van der Waals surface area (Å²) in [5, 5.41) is 10.4. The van der Waals surface area contributed by atoms with Gasteiger partial charge in [-0.05, 0) is 38.3 Å². The molecule has 7 nitrogen and oxygen atoms in total. The molecule has 1 saturated heterocycles. The highest BCUT2D eigenvalue weighted by atomic mass is 19.4. The van der Waals surface area contributed by atoms with Gasteiger partial charge in [0.15, 0.2) is 11.8 Å². The third-order valence-corrected chi connectivity index (χ3v) is 4.81. The summed E-state index contributed by atoms with van der Waals surface area (Å²) in [4.78, 5) is 10.0. The summed E-state index contributed by atoms with van der Waals surface area (Å²) in [6.45, 7) is 5.61. The molecule has 2 rings (SSSR count). The van der Waals surface area contributed by atoms with E-state index in [1.165, 1.54) is 4.90 Å². The Labute approximate surface area is 164 Å². The van der Waals surface area contributed by atoms with E-state index >= 15 is 0 Å². The van der Waals surface area contributed by atoms with Crippen LogP contribution in [0.2, 0.25) is 0 Å². The lowest BCUT2D eigenvalue weighted by molar-refractivity contribution is -0.148. The fourth-order valence-corrected chi connectivity index (χ4v) is 3.19. The van der Waals surface area contributed by atoms with Gasteiger partial charge in [0.05, 0.1) is 6.54 Å². The molecule has 0 unspecified atom stereocenters. The minimum atomic E-state index is -4.11. The van der Waals surface area contributed by atoms with Crippen LogP contribution in [0.4, 0.5) is 13.2 Å². The number of alkyl halides is 3. The summed E-state index contributed by atoms with van der Waals surface area (Å²) >= 11 is 0. The first-order chi connectivity index (χ1) is 13.3. The number of nitrogens with zero attached hydrogens (tertiary/aromatic N) is 4. The molecule has 2 heterocycles. The molecule has 0 atom stereocenters. The zero-order chi connectivity index (χ0) is 20.6. The van der Waals surface area contributed by atoms with Crippen molar-refractivity contribution in [1.29, 1.82) is 0 Å². The number of nitrogens with one attached hydrogen (secondary N) is 2. The van der Waals surface area contributed by atoms with Crippen molar-refractivity contribution < 1.29 is 17.7 Å². The quantitative estimate of drug-likeness (QED) is 0.512. The van der Waals surface area contributed by atoms with E-state index in [-0.39, 0.29) is 5.92 Å². The van der Waals surface area contributed by atoms with Crippen molar-refractivity contribution in [3.05, 3.63) is 11.7 Å². The summed E-state index contributed by atoms with van der Waals surface area (Å²) in [5.74, 6) is 2.68. The second kappa shape index (κ2) is 10.6. The van der Waals surface area contributed by atoms with Crippen molar-refractivity contribution in [2.45, 2.75) is 51.6 Å². The number of aromatic nitrogens is 2. The first-order valence-electron chi connectivity index (χ1n) is 9.83. The summed E-state index contributed by atoms with van der Waals surface area (Å²) in [6, 6.07) is 0. The smallest absolute Gasteiger partial charge is 0.356 e. The molecule has 0 bridgehead atoms. The Morgan fingerprint density at radius 2 is 1.93 bits per heavy atom. The SMILES string of the molecule is CN=C(NCCc1nc(C(C)C)no1)NCCC1CCN(CC(F)(F)F)CC1. The second-order valence-electron chi connectivity index (χ2n) is 7.50. The number of likely N-dealkylation sites (tertiary alicyclic amines) is 1. The fraction of sp³-hybridized carbons (Fsp3) is 0.833. The molecule has 1 aliphatic rings. The van der Waals surface area contributed by atoms with Gasteiger partial charge in [0, 0.05) is 32.5 Å². The standard InChI is InChI=1S/C18H31F3N6O/c1-13(2)16-25-15(28-26-16)5-9-24-17(22-3)23-8-4-14-6-10-27(11-7-14)12-18(19,20)21/h13-14H,4-12H2,1-3H3,(H2,22,23,24). The van der Waals surface area contributed by atoms with E-state index in [9.17, 15) is 13.2 Å². The van der Waals surface area contributed by atoms with Gasteiger partial charge in [0.2, 0.25) is 5.89 Å². The normalized spacial score (nSPS) is 17.3.